The van der Waals surface area contributed by atoms with Crippen molar-refractivity contribution in [3.05, 3.63) is 46.2 Å². The highest BCUT2D eigenvalue weighted by Crippen LogP contribution is 2.21. The number of nitrogens with two attached hydrogens (primary N) is 1. The molecule has 1 aromatic rings. The van der Waals surface area contributed by atoms with Gasteiger partial charge in [-0.05, 0) is 61.3 Å². The van der Waals surface area contributed by atoms with Gasteiger partial charge in [-0.1, -0.05) is 6.07 Å². The molecule has 3 rings (SSSR count). The van der Waals surface area contributed by atoms with Gasteiger partial charge in [-0.25, -0.2) is 9.78 Å². The van der Waals surface area contributed by atoms with Gasteiger partial charge in [0.25, 0.3) is 0 Å². The first kappa shape index (κ1) is 22.3. The third kappa shape index (κ3) is 5.60. The molecule has 2 aliphatic heterocycles. The van der Waals surface area contributed by atoms with Gasteiger partial charge in [0.15, 0.2) is 0 Å². The van der Waals surface area contributed by atoms with Crippen LogP contribution >= 0.6 is 15.9 Å². The maximum atomic E-state index is 12.9. The summed E-state index contributed by atoms with van der Waals surface area (Å²) in [6.07, 6.45) is 3.33. The second-order valence-electron chi connectivity index (χ2n) is 8.29. The predicted molar refractivity (Wildman–Crippen MR) is 119 cm³/mol. The number of dihydropyridines is 1. The fraction of sp³-hybridized carbons (Fsp3) is 0.476. The molecule has 9 heteroatoms. The van der Waals surface area contributed by atoms with E-state index in [2.05, 4.69) is 31.1 Å². The predicted octanol–water partition coefficient (Wildman–Crippen LogP) is 2.76. The number of Topliss-reactive ketones (excluding diaryl/α,β-unsaturated/α-hetero) is 1. The molecule has 1 atom stereocenters. The average Bonchev–Trinajstić information content (AvgIpc) is 2.94. The first-order chi connectivity index (χ1) is 14.1. The Morgan fingerprint density at radius 1 is 1.23 bits per heavy atom. The van der Waals surface area contributed by atoms with Crippen LogP contribution in [0, 0.1) is 0 Å². The van der Waals surface area contributed by atoms with Crippen LogP contribution in [0.5, 0.6) is 0 Å². The number of hydrogen-bond donors (Lipinski definition) is 2. The number of allylic oxidation sites excluding steroid dienone is 2. The van der Waals surface area contributed by atoms with E-state index in [4.69, 9.17) is 10.5 Å². The normalized spacial score (nSPS) is 20.0. The Bertz CT molecular complexity index is 878. The summed E-state index contributed by atoms with van der Waals surface area (Å²) in [7, 11) is 0. The summed E-state index contributed by atoms with van der Waals surface area (Å²) in [6, 6.07) is 5.39. The number of pyridine rings is 1. The number of carbonyl (C=O) groups excluding carboxylic acids is 2. The van der Waals surface area contributed by atoms with Crippen LogP contribution in [0.4, 0.5) is 10.6 Å². The van der Waals surface area contributed by atoms with Crippen LogP contribution in [0.3, 0.4) is 0 Å². The Kier molecular flexibility index (Phi) is 6.82. The number of aromatic nitrogens is 1. The van der Waals surface area contributed by atoms with Gasteiger partial charge in [-0.15, -0.1) is 0 Å². The zero-order valence-corrected chi connectivity index (χ0v) is 19.1. The van der Waals surface area contributed by atoms with E-state index in [0.717, 1.165) is 17.4 Å². The number of nitrogens with zero attached hydrogens (tertiary/aromatic N) is 3. The van der Waals surface area contributed by atoms with Gasteiger partial charge in [-0.3, -0.25) is 4.79 Å². The monoisotopic (exact) mass is 477 g/mol. The topological polar surface area (TPSA) is 101 Å². The van der Waals surface area contributed by atoms with Crippen LogP contribution < -0.4 is 16.0 Å². The number of nitrogens with one attached hydrogen (secondary N) is 1. The van der Waals surface area contributed by atoms with Crippen LogP contribution in [0.25, 0.3) is 0 Å². The zero-order valence-electron chi connectivity index (χ0n) is 17.5. The lowest BCUT2D eigenvalue weighted by Gasteiger charge is -2.26. The third-order valence-corrected chi connectivity index (χ3v) is 5.19. The number of amides is 1. The van der Waals surface area contributed by atoms with E-state index in [1.165, 1.54) is 0 Å². The number of hydrogen-bond acceptors (Lipinski definition) is 7. The first-order valence-electron chi connectivity index (χ1n) is 9.97. The van der Waals surface area contributed by atoms with Crippen LogP contribution in [-0.2, 0) is 4.74 Å². The molecule has 0 aliphatic carbocycles. The molecule has 1 aromatic heterocycles. The minimum Gasteiger partial charge on any atom is -0.444 e. The molecule has 1 unspecified atom stereocenters. The summed E-state index contributed by atoms with van der Waals surface area (Å²) in [6.45, 7) is 8.09. The molecule has 0 spiro atoms. The van der Waals surface area contributed by atoms with E-state index in [1.807, 2.05) is 32.9 Å². The summed E-state index contributed by atoms with van der Waals surface area (Å²) in [5.41, 5.74) is 6.28. The molecular weight excluding hydrogens is 450 g/mol. The Balaban J connectivity index is 1.71. The Morgan fingerprint density at radius 3 is 2.73 bits per heavy atom. The molecule has 0 bridgehead atoms. The van der Waals surface area contributed by atoms with Crippen LogP contribution in [-0.4, -0.2) is 59.7 Å². The highest BCUT2D eigenvalue weighted by molar-refractivity contribution is 9.11. The molecular formula is C21H28BrN5O3. The van der Waals surface area contributed by atoms with E-state index >= 15 is 0 Å². The van der Waals surface area contributed by atoms with Gasteiger partial charge in [0.1, 0.15) is 23.3 Å². The van der Waals surface area contributed by atoms with Crippen molar-refractivity contribution in [1.82, 2.24) is 15.2 Å². The minimum absolute atomic E-state index is 0.216. The van der Waals surface area contributed by atoms with Crippen LogP contribution in [0.2, 0.25) is 0 Å². The number of anilines is 1. The lowest BCUT2D eigenvalue weighted by Crippen LogP contribution is -2.40. The smallest absolute Gasteiger partial charge is 0.410 e. The summed E-state index contributed by atoms with van der Waals surface area (Å²) in [5.74, 6) is 0.492. The molecule has 0 aromatic carbocycles. The van der Waals surface area contributed by atoms with Crippen LogP contribution in [0.15, 0.2) is 40.5 Å². The lowest BCUT2D eigenvalue weighted by atomic mass is 10.0. The van der Waals surface area contributed by atoms with E-state index in [9.17, 15) is 9.59 Å². The zero-order chi connectivity index (χ0) is 21.9. The van der Waals surface area contributed by atoms with Crippen molar-refractivity contribution in [1.29, 1.82) is 0 Å². The fourth-order valence-electron chi connectivity index (χ4n) is 3.28. The van der Waals surface area contributed by atoms with Crippen molar-refractivity contribution in [2.45, 2.75) is 39.0 Å². The third-order valence-electron chi connectivity index (χ3n) is 4.73. The second-order valence-corrected chi connectivity index (χ2v) is 9.21. The van der Waals surface area contributed by atoms with Crippen molar-refractivity contribution < 1.29 is 14.3 Å². The van der Waals surface area contributed by atoms with Crippen molar-refractivity contribution >= 4 is 33.6 Å². The second kappa shape index (κ2) is 9.18. The Morgan fingerprint density at radius 2 is 2.00 bits per heavy atom. The standard InChI is InChI=1S/C21H28BrN5O3/c1-21(2,3)30-20(29)27-9-5-8-26(10-11-27)17-7-4-6-16(25-17)18(28)15-12-14(22)13-24-19(15)23/h4,6-7,12-13,19,24H,5,8-11,23H2,1-3H3. The van der Waals surface area contributed by atoms with Gasteiger partial charge in [0.2, 0.25) is 5.78 Å². The van der Waals surface area contributed by atoms with Crippen molar-refractivity contribution in [3.63, 3.8) is 0 Å². The molecule has 162 valence electrons. The van der Waals surface area contributed by atoms with Gasteiger partial charge >= 0.3 is 6.09 Å². The van der Waals surface area contributed by atoms with Crippen molar-refractivity contribution in [2.24, 2.45) is 5.73 Å². The summed E-state index contributed by atoms with van der Waals surface area (Å²) in [5, 5.41) is 2.94. The molecule has 0 saturated carbocycles. The molecule has 3 N–H and O–H groups in total. The summed E-state index contributed by atoms with van der Waals surface area (Å²) >= 11 is 3.36. The minimum atomic E-state index is -0.579. The molecule has 0 radical (unpaired) electrons. The van der Waals surface area contributed by atoms with Crippen molar-refractivity contribution in [3.8, 4) is 0 Å². The SMILES string of the molecule is CC(C)(C)OC(=O)N1CCCN(c2cccc(C(=O)C3=CC(Br)=CNC3N)n2)CC1. The molecule has 3 heterocycles. The average molecular weight is 478 g/mol. The van der Waals surface area contributed by atoms with Gasteiger partial charge in [-0.2, -0.15) is 0 Å². The Labute approximate surface area is 185 Å². The number of rotatable bonds is 3. The lowest BCUT2D eigenvalue weighted by molar-refractivity contribution is 0.0263. The molecule has 1 saturated heterocycles. The summed E-state index contributed by atoms with van der Waals surface area (Å²) < 4.78 is 6.23. The largest absolute Gasteiger partial charge is 0.444 e. The van der Waals surface area contributed by atoms with E-state index in [-0.39, 0.29) is 11.9 Å². The molecule has 8 nitrogen and oxygen atoms in total. The van der Waals surface area contributed by atoms with Gasteiger partial charge < -0.3 is 25.6 Å². The maximum Gasteiger partial charge on any atom is 0.410 e. The van der Waals surface area contributed by atoms with Crippen LogP contribution in [0.1, 0.15) is 37.7 Å². The van der Waals surface area contributed by atoms with E-state index < -0.39 is 11.8 Å². The highest BCUT2D eigenvalue weighted by Gasteiger charge is 2.26. The molecule has 1 fully saturated rings. The first-order valence-corrected chi connectivity index (χ1v) is 10.8. The number of halogens is 1. The van der Waals surface area contributed by atoms with Crippen molar-refractivity contribution in [2.75, 3.05) is 31.1 Å². The van der Waals surface area contributed by atoms with Gasteiger partial charge in [0.05, 0.1) is 0 Å². The number of ketones is 1. The Hall–Kier alpha value is -2.39. The maximum absolute atomic E-state index is 12.9. The van der Waals surface area contributed by atoms with E-state index in [1.54, 1.807) is 23.2 Å². The fourth-order valence-corrected chi connectivity index (χ4v) is 3.65. The van der Waals surface area contributed by atoms with E-state index in [0.29, 0.717) is 36.7 Å². The quantitative estimate of drug-likeness (QED) is 0.645. The highest BCUT2D eigenvalue weighted by atomic mass is 79.9. The molecule has 2 aliphatic rings. The number of carbonyl (C=O) groups is 2. The molecule has 30 heavy (non-hydrogen) atoms. The van der Waals surface area contributed by atoms with Gasteiger partial charge in [0, 0.05) is 42.4 Å². The number of ether oxygens (including phenoxy) is 1. The summed E-state index contributed by atoms with van der Waals surface area (Å²) in [4.78, 5) is 33.7. The molecule has 1 amide bonds.